The van der Waals surface area contributed by atoms with Crippen LogP contribution < -0.4 is 10.6 Å². The Bertz CT molecular complexity index is 799. The van der Waals surface area contributed by atoms with Gasteiger partial charge in [-0.15, -0.1) is 10.2 Å². The topological polar surface area (TPSA) is 71.3 Å². The zero-order valence-electron chi connectivity index (χ0n) is 13.6. The largest absolute Gasteiger partial charge is 0.338 e. The number of nitrogens with zero attached hydrogens (tertiary/aromatic N) is 3. The molecule has 2 amide bonds. The van der Waals surface area contributed by atoms with Gasteiger partial charge in [0, 0.05) is 12.7 Å². The molecule has 0 aliphatic carbocycles. The van der Waals surface area contributed by atoms with E-state index in [0.717, 1.165) is 18.5 Å². The Morgan fingerprint density at radius 2 is 1.92 bits per heavy atom. The zero-order valence-corrected chi connectivity index (χ0v) is 13.6. The second-order valence-electron chi connectivity index (χ2n) is 5.70. The Morgan fingerprint density at radius 1 is 1.12 bits per heavy atom. The summed E-state index contributed by atoms with van der Waals surface area (Å²) in [6.07, 6.45) is 3.74. The van der Waals surface area contributed by atoms with E-state index in [-0.39, 0.29) is 12.1 Å². The van der Waals surface area contributed by atoms with Crippen LogP contribution in [0.4, 0.5) is 4.79 Å². The van der Waals surface area contributed by atoms with Gasteiger partial charge in [0.05, 0.1) is 6.04 Å². The summed E-state index contributed by atoms with van der Waals surface area (Å²) >= 11 is 0. The molecule has 6 heteroatoms. The van der Waals surface area contributed by atoms with E-state index in [1.807, 2.05) is 53.9 Å². The first-order valence-corrected chi connectivity index (χ1v) is 8.12. The standard InChI is InChI=1S/C18H21N5O/c1-14(17-22-21-16-11-5-6-13-23(16)17)20-18(24)19-12-7-10-15-8-3-2-4-9-15/h2-6,8-9,11,13-14H,7,10,12H2,1H3,(H2,19,20,24). The number of hydrogen-bond acceptors (Lipinski definition) is 3. The summed E-state index contributed by atoms with van der Waals surface area (Å²) < 4.78 is 1.88. The minimum atomic E-state index is -0.225. The first kappa shape index (κ1) is 16.0. The molecule has 24 heavy (non-hydrogen) atoms. The summed E-state index contributed by atoms with van der Waals surface area (Å²) in [6, 6.07) is 15.5. The third-order valence-electron chi connectivity index (χ3n) is 3.85. The number of carbonyl (C=O) groups is 1. The molecule has 0 spiro atoms. The monoisotopic (exact) mass is 323 g/mol. The molecule has 0 aliphatic rings. The molecule has 2 heterocycles. The first-order chi connectivity index (χ1) is 11.7. The molecule has 1 atom stereocenters. The van der Waals surface area contributed by atoms with Crippen LogP contribution in [0.5, 0.6) is 0 Å². The molecule has 1 aromatic carbocycles. The zero-order chi connectivity index (χ0) is 16.8. The fourth-order valence-electron chi connectivity index (χ4n) is 2.61. The fourth-order valence-corrected chi connectivity index (χ4v) is 2.61. The first-order valence-electron chi connectivity index (χ1n) is 8.12. The molecular formula is C18H21N5O. The van der Waals surface area contributed by atoms with Gasteiger partial charge in [0.25, 0.3) is 0 Å². The van der Waals surface area contributed by atoms with Crippen LogP contribution in [0.25, 0.3) is 5.65 Å². The van der Waals surface area contributed by atoms with E-state index in [4.69, 9.17) is 0 Å². The summed E-state index contributed by atoms with van der Waals surface area (Å²) in [5, 5.41) is 14.0. The highest BCUT2D eigenvalue weighted by atomic mass is 16.2. The van der Waals surface area contributed by atoms with Gasteiger partial charge in [-0.1, -0.05) is 36.4 Å². The molecule has 1 unspecified atom stereocenters. The Labute approximate surface area is 140 Å². The number of pyridine rings is 1. The Balaban J connectivity index is 1.46. The quantitative estimate of drug-likeness (QED) is 0.685. The maximum atomic E-state index is 12.0. The van der Waals surface area contributed by atoms with Crippen LogP contribution in [-0.4, -0.2) is 27.2 Å². The van der Waals surface area contributed by atoms with Crippen LogP contribution >= 0.6 is 0 Å². The van der Waals surface area contributed by atoms with Crippen LogP contribution in [0.2, 0.25) is 0 Å². The molecule has 0 aliphatic heterocycles. The van der Waals surface area contributed by atoms with Gasteiger partial charge in [-0.3, -0.25) is 4.40 Å². The van der Waals surface area contributed by atoms with Crippen molar-refractivity contribution in [2.45, 2.75) is 25.8 Å². The van der Waals surface area contributed by atoms with Crippen LogP contribution in [0.3, 0.4) is 0 Å². The lowest BCUT2D eigenvalue weighted by atomic mass is 10.1. The average molecular weight is 323 g/mol. The summed E-state index contributed by atoms with van der Waals surface area (Å²) in [4.78, 5) is 12.0. The highest BCUT2D eigenvalue weighted by Gasteiger charge is 2.15. The second kappa shape index (κ2) is 7.59. The summed E-state index contributed by atoms with van der Waals surface area (Å²) in [7, 11) is 0. The lowest BCUT2D eigenvalue weighted by Gasteiger charge is -2.13. The van der Waals surface area contributed by atoms with Crippen molar-refractivity contribution in [2.24, 2.45) is 0 Å². The van der Waals surface area contributed by atoms with Crippen LogP contribution in [0, 0.1) is 0 Å². The summed E-state index contributed by atoms with van der Waals surface area (Å²) in [5.74, 6) is 0.713. The van der Waals surface area contributed by atoms with Crippen molar-refractivity contribution >= 4 is 11.7 Å². The highest BCUT2D eigenvalue weighted by molar-refractivity contribution is 5.74. The van der Waals surface area contributed by atoms with Crippen molar-refractivity contribution in [3.05, 3.63) is 66.1 Å². The third-order valence-corrected chi connectivity index (χ3v) is 3.85. The van der Waals surface area contributed by atoms with Crippen molar-refractivity contribution in [1.82, 2.24) is 25.2 Å². The molecule has 3 rings (SSSR count). The van der Waals surface area contributed by atoms with Gasteiger partial charge in [0.15, 0.2) is 11.5 Å². The predicted octanol–water partition coefficient (Wildman–Crippen LogP) is 2.72. The van der Waals surface area contributed by atoms with Crippen molar-refractivity contribution < 1.29 is 4.79 Å². The van der Waals surface area contributed by atoms with Gasteiger partial charge < -0.3 is 10.6 Å². The molecule has 6 nitrogen and oxygen atoms in total. The fraction of sp³-hybridized carbons (Fsp3) is 0.278. The van der Waals surface area contributed by atoms with Gasteiger partial charge in [-0.05, 0) is 37.5 Å². The molecule has 2 aromatic heterocycles. The number of aromatic nitrogens is 3. The number of amides is 2. The minimum absolute atomic E-state index is 0.191. The van der Waals surface area contributed by atoms with E-state index in [0.29, 0.717) is 12.4 Å². The molecule has 124 valence electrons. The van der Waals surface area contributed by atoms with E-state index in [1.165, 1.54) is 5.56 Å². The minimum Gasteiger partial charge on any atom is -0.338 e. The van der Waals surface area contributed by atoms with Gasteiger partial charge in [-0.25, -0.2) is 4.79 Å². The molecule has 0 saturated carbocycles. The van der Waals surface area contributed by atoms with E-state index in [1.54, 1.807) is 0 Å². The normalized spacial score (nSPS) is 12.0. The SMILES string of the molecule is CC(NC(=O)NCCCc1ccccc1)c1nnc2ccccn12. The molecule has 0 saturated heterocycles. The highest BCUT2D eigenvalue weighted by Crippen LogP contribution is 2.11. The maximum absolute atomic E-state index is 12.0. The molecule has 0 bridgehead atoms. The van der Waals surface area contributed by atoms with Crippen LogP contribution in [-0.2, 0) is 6.42 Å². The Kier molecular flexibility index (Phi) is 5.05. The number of fused-ring (bicyclic) bond motifs is 1. The van der Waals surface area contributed by atoms with E-state index in [2.05, 4.69) is 33.0 Å². The molecule has 2 N–H and O–H groups in total. The number of hydrogen-bond donors (Lipinski definition) is 2. The number of rotatable bonds is 6. The summed E-state index contributed by atoms with van der Waals surface area (Å²) in [5.41, 5.74) is 2.05. The smallest absolute Gasteiger partial charge is 0.315 e. The number of urea groups is 1. The number of carbonyl (C=O) groups excluding carboxylic acids is 1. The van der Waals surface area contributed by atoms with Gasteiger partial charge >= 0.3 is 6.03 Å². The van der Waals surface area contributed by atoms with Crippen molar-refractivity contribution in [2.75, 3.05) is 6.54 Å². The van der Waals surface area contributed by atoms with Crippen molar-refractivity contribution in [3.8, 4) is 0 Å². The Morgan fingerprint density at radius 3 is 2.75 bits per heavy atom. The predicted molar refractivity (Wildman–Crippen MR) is 92.7 cm³/mol. The third kappa shape index (κ3) is 3.90. The van der Waals surface area contributed by atoms with Crippen molar-refractivity contribution in [3.63, 3.8) is 0 Å². The van der Waals surface area contributed by atoms with Gasteiger partial charge in [0.1, 0.15) is 0 Å². The van der Waals surface area contributed by atoms with Crippen molar-refractivity contribution in [1.29, 1.82) is 0 Å². The van der Waals surface area contributed by atoms with E-state index in [9.17, 15) is 4.79 Å². The molecule has 3 aromatic rings. The Hall–Kier alpha value is -2.89. The van der Waals surface area contributed by atoms with Crippen LogP contribution in [0.1, 0.15) is 30.8 Å². The number of nitrogens with one attached hydrogen (secondary N) is 2. The van der Waals surface area contributed by atoms with Crippen LogP contribution in [0.15, 0.2) is 54.7 Å². The van der Waals surface area contributed by atoms with E-state index < -0.39 is 0 Å². The lowest BCUT2D eigenvalue weighted by Crippen LogP contribution is -2.38. The molecule has 0 fully saturated rings. The maximum Gasteiger partial charge on any atom is 0.315 e. The molecular weight excluding hydrogens is 302 g/mol. The number of aryl methyl sites for hydroxylation is 1. The lowest BCUT2D eigenvalue weighted by molar-refractivity contribution is 0.237. The molecule has 0 radical (unpaired) electrons. The van der Waals surface area contributed by atoms with E-state index >= 15 is 0 Å². The van der Waals surface area contributed by atoms with Gasteiger partial charge in [0.2, 0.25) is 0 Å². The average Bonchev–Trinajstić information content (AvgIpc) is 3.04. The number of benzene rings is 1. The second-order valence-corrected chi connectivity index (χ2v) is 5.70. The summed E-state index contributed by atoms with van der Waals surface area (Å²) in [6.45, 7) is 2.53. The van der Waals surface area contributed by atoms with Gasteiger partial charge in [-0.2, -0.15) is 0 Å².